The van der Waals surface area contributed by atoms with Crippen LogP contribution in [0.25, 0.3) is 0 Å². The van der Waals surface area contributed by atoms with E-state index in [1.54, 1.807) is 6.20 Å². The minimum absolute atomic E-state index is 0.0421. The minimum Gasteiger partial charge on any atom is -0.293 e. The first-order valence-electron chi connectivity index (χ1n) is 3.12. The highest BCUT2D eigenvalue weighted by atomic mass is 35.5. The quantitative estimate of drug-likeness (QED) is 0.572. The molecule has 0 spiro atoms. The molecule has 0 unspecified atom stereocenters. The highest BCUT2D eigenvalue weighted by Gasteiger charge is 2.09. The van der Waals surface area contributed by atoms with Crippen LogP contribution >= 0.6 is 11.6 Å². The van der Waals surface area contributed by atoms with Gasteiger partial charge in [-0.1, -0.05) is 11.6 Å². The Kier molecular flexibility index (Phi) is 2.22. The van der Waals surface area contributed by atoms with Gasteiger partial charge < -0.3 is 0 Å². The molecular formula is C7H8ClNO. The van der Waals surface area contributed by atoms with E-state index < -0.39 is 0 Å². The van der Waals surface area contributed by atoms with Crippen molar-refractivity contribution in [3.05, 3.63) is 11.2 Å². The van der Waals surface area contributed by atoms with E-state index in [-0.39, 0.29) is 5.78 Å². The van der Waals surface area contributed by atoms with E-state index in [4.69, 9.17) is 11.6 Å². The van der Waals surface area contributed by atoms with E-state index in [0.29, 0.717) is 12.1 Å². The summed E-state index contributed by atoms with van der Waals surface area (Å²) in [6, 6.07) is 0. The van der Waals surface area contributed by atoms with Crippen molar-refractivity contribution in [2.24, 2.45) is 4.99 Å². The van der Waals surface area contributed by atoms with Crippen LogP contribution in [0.1, 0.15) is 19.8 Å². The molecule has 1 rings (SSSR count). The average Bonchev–Trinajstić information content (AvgIpc) is 1.88. The third-order valence-corrected chi connectivity index (χ3v) is 1.65. The van der Waals surface area contributed by atoms with Crippen molar-refractivity contribution in [1.29, 1.82) is 0 Å². The van der Waals surface area contributed by atoms with Crippen LogP contribution in [0.4, 0.5) is 0 Å². The largest absolute Gasteiger partial charge is 0.293 e. The van der Waals surface area contributed by atoms with Gasteiger partial charge in [0.05, 0.1) is 5.71 Å². The van der Waals surface area contributed by atoms with Gasteiger partial charge in [-0.05, 0) is 12.8 Å². The van der Waals surface area contributed by atoms with Crippen molar-refractivity contribution >= 4 is 23.1 Å². The fourth-order valence-electron chi connectivity index (χ4n) is 0.782. The Labute approximate surface area is 64.6 Å². The number of hydrogen-bond acceptors (Lipinski definition) is 2. The summed E-state index contributed by atoms with van der Waals surface area (Å²) < 4.78 is 0. The maximum absolute atomic E-state index is 10.7. The molecule has 0 amide bonds. The van der Waals surface area contributed by atoms with Crippen LogP contribution < -0.4 is 0 Å². The summed E-state index contributed by atoms with van der Waals surface area (Å²) in [5.41, 5.74) is 0.629. The average molecular weight is 158 g/mol. The molecule has 0 aliphatic carbocycles. The molecule has 0 saturated carbocycles. The molecule has 1 heterocycles. The second-order valence-corrected chi connectivity index (χ2v) is 2.69. The Balaban J connectivity index is 2.74. The monoisotopic (exact) mass is 157 g/mol. The molecule has 0 N–H and O–H groups in total. The normalized spacial score (nSPS) is 17.8. The summed E-state index contributed by atoms with van der Waals surface area (Å²) in [5, 5.41) is 0.727. The van der Waals surface area contributed by atoms with E-state index in [2.05, 4.69) is 4.99 Å². The lowest BCUT2D eigenvalue weighted by Gasteiger charge is -2.05. The topological polar surface area (TPSA) is 29.4 Å². The van der Waals surface area contributed by atoms with Crippen molar-refractivity contribution < 1.29 is 4.79 Å². The van der Waals surface area contributed by atoms with Gasteiger partial charge in [-0.25, -0.2) is 0 Å². The van der Waals surface area contributed by atoms with Gasteiger partial charge in [0.2, 0.25) is 0 Å². The second kappa shape index (κ2) is 2.97. The van der Waals surface area contributed by atoms with Crippen LogP contribution in [0.3, 0.4) is 0 Å². The van der Waals surface area contributed by atoms with Crippen LogP contribution in [0.15, 0.2) is 16.2 Å². The smallest absolute Gasteiger partial charge is 0.173 e. The molecule has 0 aromatic carbocycles. The Bertz CT molecular complexity index is 218. The number of carbonyl (C=O) groups is 1. The minimum atomic E-state index is 0.0421. The van der Waals surface area contributed by atoms with E-state index in [1.807, 2.05) is 0 Å². The molecule has 10 heavy (non-hydrogen) atoms. The Morgan fingerprint density at radius 1 is 1.70 bits per heavy atom. The summed E-state index contributed by atoms with van der Waals surface area (Å²) >= 11 is 5.63. The first kappa shape index (κ1) is 7.48. The van der Waals surface area contributed by atoms with Crippen molar-refractivity contribution in [3.63, 3.8) is 0 Å². The van der Waals surface area contributed by atoms with Gasteiger partial charge in [0.1, 0.15) is 0 Å². The number of hydrogen-bond donors (Lipinski definition) is 0. The maximum Gasteiger partial charge on any atom is 0.173 e. The molecule has 0 aromatic rings. The Morgan fingerprint density at radius 2 is 2.40 bits per heavy atom. The number of Topliss-reactive ketones (excluding diaryl/α,β-unsaturated/α-hetero) is 1. The van der Waals surface area contributed by atoms with E-state index >= 15 is 0 Å². The molecule has 1 aliphatic rings. The molecule has 54 valence electrons. The fourth-order valence-corrected chi connectivity index (χ4v) is 0.925. The van der Waals surface area contributed by atoms with Crippen molar-refractivity contribution in [1.82, 2.24) is 0 Å². The number of allylic oxidation sites excluding steroid dienone is 1. The third-order valence-electron chi connectivity index (χ3n) is 1.37. The maximum atomic E-state index is 10.7. The standard InChI is InChI=1S/C7H8ClNO/c1-5(10)7-3-2-6(8)4-9-7/h4H,2-3H2,1H3. The number of aliphatic imine (C=N–C) groups is 1. The van der Waals surface area contributed by atoms with Gasteiger partial charge in [-0.2, -0.15) is 0 Å². The van der Waals surface area contributed by atoms with Crippen molar-refractivity contribution in [2.45, 2.75) is 19.8 Å². The number of nitrogens with zero attached hydrogens (tertiary/aromatic N) is 1. The lowest BCUT2D eigenvalue weighted by atomic mass is 10.1. The SMILES string of the molecule is CC(=O)C1=NC=C(Cl)CC1. The van der Waals surface area contributed by atoms with Gasteiger partial charge in [-0.15, -0.1) is 0 Å². The van der Waals surface area contributed by atoms with Crippen LogP contribution in [0.2, 0.25) is 0 Å². The zero-order valence-corrected chi connectivity index (χ0v) is 6.48. The predicted molar refractivity (Wildman–Crippen MR) is 41.3 cm³/mol. The zero-order chi connectivity index (χ0) is 7.56. The van der Waals surface area contributed by atoms with Gasteiger partial charge in [0.15, 0.2) is 5.78 Å². The summed E-state index contributed by atoms with van der Waals surface area (Å²) in [5.74, 6) is 0.0421. The molecule has 0 saturated heterocycles. The summed E-state index contributed by atoms with van der Waals surface area (Å²) in [6.07, 6.45) is 2.98. The lowest BCUT2D eigenvalue weighted by Crippen LogP contribution is -2.11. The molecule has 0 atom stereocenters. The molecule has 3 heteroatoms. The lowest BCUT2D eigenvalue weighted by molar-refractivity contribution is -0.111. The van der Waals surface area contributed by atoms with Crippen LogP contribution in [-0.2, 0) is 4.79 Å². The molecule has 1 aliphatic heterocycles. The summed E-state index contributed by atoms with van der Waals surface area (Å²) in [7, 11) is 0. The molecule has 2 nitrogen and oxygen atoms in total. The van der Waals surface area contributed by atoms with Crippen molar-refractivity contribution in [2.75, 3.05) is 0 Å². The molecule has 0 fully saturated rings. The first-order chi connectivity index (χ1) is 4.70. The fraction of sp³-hybridized carbons (Fsp3) is 0.429. The predicted octanol–water partition coefficient (Wildman–Crippen LogP) is 1.89. The van der Waals surface area contributed by atoms with E-state index in [0.717, 1.165) is 11.5 Å². The van der Waals surface area contributed by atoms with Crippen LogP contribution in [0, 0.1) is 0 Å². The van der Waals surface area contributed by atoms with Crippen molar-refractivity contribution in [3.8, 4) is 0 Å². The van der Waals surface area contributed by atoms with E-state index in [9.17, 15) is 4.79 Å². The molecule has 0 radical (unpaired) electrons. The molecule has 0 aromatic heterocycles. The number of halogens is 1. The number of carbonyl (C=O) groups excluding carboxylic acids is 1. The van der Waals surface area contributed by atoms with E-state index in [1.165, 1.54) is 6.92 Å². The zero-order valence-electron chi connectivity index (χ0n) is 5.72. The number of rotatable bonds is 1. The van der Waals surface area contributed by atoms with Gasteiger partial charge >= 0.3 is 0 Å². The second-order valence-electron chi connectivity index (χ2n) is 2.21. The summed E-state index contributed by atoms with van der Waals surface area (Å²) in [4.78, 5) is 14.6. The van der Waals surface area contributed by atoms with Gasteiger partial charge in [0, 0.05) is 18.2 Å². The summed E-state index contributed by atoms with van der Waals surface area (Å²) in [6.45, 7) is 1.52. The van der Waals surface area contributed by atoms with Crippen LogP contribution in [-0.4, -0.2) is 11.5 Å². The first-order valence-corrected chi connectivity index (χ1v) is 3.50. The highest BCUT2D eigenvalue weighted by molar-refractivity contribution is 6.40. The third kappa shape index (κ3) is 1.67. The van der Waals surface area contributed by atoms with Crippen LogP contribution in [0.5, 0.6) is 0 Å². The molecule has 0 bridgehead atoms. The highest BCUT2D eigenvalue weighted by Crippen LogP contribution is 2.15. The van der Waals surface area contributed by atoms with Gasteiger partial charge in [-0.3, -0.25) is 9.79 Å². The Hall–Kier alpha value is -0.630. The Morgan fingerprint density at radius 3 is 2.80 bits per heavy atom. The van der Waals surface area contributed by atoms with Gasteiger partial charge in [0.25, 0.3) is 0 Å². The number of ketones is 1. The molecular weight excluding hydrogens is 150 g/mol.